The molecule has 2 N–H and O–H groups in total. The Labute approximate surface area is 103 Å². The smallest absolute Gasteiger partial charge is 0.118 e. The van der Waals surface area contributed by atoms with E-state index in [0.717, 1.165) is 25.4 Å². The maximum atomic E-state index is 5.89. The van der Waals surface area contributed by atoms with E-state index in [4.69, 9.17) is 15.2 Å². The quantitative estimate of drug-likeness (QED) is 0.850. The van der Waals surface area contributed by atoms with Crippen LogP contribution < -0.4 is 10.5 Å². The summed E-state index contributed by atoms with van der Waals surface area (Å²) in [6.45, 7) is 4.67. The van der Waals surface area contributed by atoms with Crippen molar-refractivity contribution in [3.8, 4) is 5.75 Å². The zero-order valence-electron chi connectivity index (χ0n) is 10.6. The predicted molar refractivity (Wildman–Crippen MR) is 68.3 cm³/mol. The van der Waals surface area contributed by atoms with Gasteiger partial charge in [0.05, 0.1) is 20.3 Å². The molecule has 1 heterocycles. The number of ether oxygens (including phenoxy) is 2. The SMILES string of the molecule is COc1ccc(C(CN)CC2(C)COC2)cc1. The third kappa shape index (κ3) is 2.79. The zero-order chi connectivity index (χ0) is 12.3. The maximum absolute atomic E-state index is 5.89. The fourth-order valence-corrected chi connectivity index (χ4v) is 2.38. The summed E-state index contributed by atoms with van der Waals surface area (Å²) in [5, 5.41) is 0. The van der Waals surface area contributed by atoms with E-state index >= 15 is 0 Å². The van der Waals surface area contributed by atoms with Crippen LogP contribution in [0, 0.1) is 5.41 Å². The van der Waals surface area contributed by atoms with Crippen LogP contribution in [0.2, 0.25) is 0 Å². The number of hydrogen-bond acceptors (Lipinski definition) is 3. The first-order chi connectivity index (χ1) is 8.17. The normalized spacial score (nSPS) is 19.5. The Hall–Kier alpha value is -1.06. The maximum Gasteiger partial charge on any atom is 0.118 e. The molecular formula is C14H21NO2. The summed E-state index contributed by atoms with van der Waals surface area (Å²) in [6, 6.07) is 8.22. The van der Waals surface area contributed by atoms with E-state index in [-0.39, 0.29) is 0 Å². The van der Waals surface area contributed by atoms with Crippen LogP contribution in [-0.4, -0.2) is 26.9 Å². The molecule has 94 valence electrons. The molecule has 1 aromatic carbocycles. The van der Waals surface area contributed by atoms with Crippen molar-refractivity contribution in [2.45, 2.75) is 19.3 Å². The highest BCUT2D eigenvalue weighted by molar-refractivity contribution is 5.29. The van der Waals surface area contributed by atoms with Crippen LogP contribution >= 0.6 is 0 Å². The van der Waals surface area contributed by atoms with Gasteiger partial charge in [-0.15, -0.1) is 0 Å². The van der Waals surface area contributed by atoms with Crippen molar-refractivity contribution in [2.75, 3.05) is 26.9 Å². The van der Waals surface area contributed by atoms with E-state index < -0.39 is 0 Å². The molecule has 1 atom stereocenters. The summed E-state index contributed by atoms with van der Waals surface area (Å²) in [6.07, 6.45) is 1.09. The van der Waals surface area contributed by atoms with E-state index in [1.807, 2.05) is 12.1 Å². The molecule has 1 fully saturated rings. The molecule has 1 aliphatic heterocycles. The van der Waals surface area contributed by atoms with Gasteiger partial charge in [-0.2, -0.15) is 0 Å². The Morgan fingerprint density at radius 1 is 1.35 bits per heavy atom. The molecule has 1 aliphatic rings. The topological polar surface area (TPSA) is 44.5 Å². The van der Waals surface area contributed by atoms with Crippen molar-refractivity contribution in [1.82, 2.24) is 0 Å². The number of benzene rings is 1. The van der Waals surface area contributed by atoms with Gasteiger partial charge in [0, 0.05) is 5.41 Å². The number of nitrogens with two attached hydrogens (primary N) is 1. The summed E-state index contributed by atoms with van der Waals surface area (Å²) in [7, 11) is 1.68. The standard InChI is InChI=1S/C14H21NO2/c1-14(9-17-10-14)7-12(8-15)11-3-5-13(16-2)6-4-11/h3-6,12H,7-10,15H2,1-2H3. The Kier molecular flexibility index (Phi) is 3.69. The minimum atomic E-state index is 0.309. The highest BCUT2D eigenvalue weighted by Crippen LogP contribution is 2.37. The molecule has 2 rings (SSSR count). The van der Waals surface area contributed by atoms with Crippen molar-refractivity contribution in [3.05, 3.63) is 29.8 Å². The monoisotopic (exact) mass is 235 g/mol. The first-order valence-corrected chi connectivity index (χ1v) is 6.09. The van der Waals surface area contributed by atoms with Crippen LogP contribution in [0.4, 0.5) is 0 Å². The number of rotatable bonds is 5. The lowest BCUT2D eigenvalue weighted by atomic mass is 9.77. The lowest BCUT2D eigenvalue weighted by Crippen LogP contribution is -2.41. The second kappa shape index (κ2) is 5.07. The third-order valence-corrected chi connectivity index (χ3v) is 3.51. The average Bonchev–Trinajstić information content (AvgIpc) is 2.34. The minimum Gasteiger partial charge on any atom is -0.497 e. The molecule has 0 bridgehead atoms. The van der Waals surface area contributed by atoms with Crippen LogP contribution in [0.3, 0.4) is 0 Å². The molecule has 3 heteroatoms. The molecule has 0 radical (unpaired) electrons. The highest BCUT2D eigenvalue weighted by atomic mass is 16.5. The van der Waals surface area contributed by atoms with Gasteiger partial charge in [-0.1, -0.05) is 19.1 Å². The Balaban J connectivity index is 2.05. The lowest BCUT2D eigenvalue weighted by Gasteiger charge is -2.40. The van der Waals surface area contributed by atoms with E-state index in [0.29, 0.717) is 17.9 Å². The molecule has 0 spiro atoms. The minimum absolute atomic E-state index is 0.309. The van der Waals surface area contributed by atoms with Gasteiger partial charge in [0.25, 0.3) is 0 Å². The Bertz CT molecular complexity index is 357. The summed E-state index contributed by atoms with van der Waals surface area (Å²) in [5.74, 6) is 1.30. The average molecular weight is 235 g/mol. The van der Waals surface area contributed by atoms with Crippen LogP contribution in [0.15, 0.2) is 24.3 Å². The third-order valence-electron chi connectivity index (χ3n) is 3.51. The number of hydrogen-bond donors (Lipinski definition) is 1. The molecule has 3 nitrogen and oxygen atoms in total. The van der Waals surface area contributed by atoms with Crippen LogP contribution in [-0.2, 0) is 4.74 Å². The van der Waals surface area contributed by atoms with Crippen LogP contribution in [0.1, 0.15) is 24.8 Å². The molecular weight excluding hydrogens is 214 g/mol. The van der Waals surface area contributed by atoms with Crippen molar-refractivity contribution < 1.29 is 9.47 Å². The van der Waals surface area contributed by atoms with Crippen molar-refractivity contribution >= 4 is 0 Å². The molecule has 0 amide bonds. The Morgan fingerprint density at radius 2 is 2.00 bits per heavy atom. The second-order valence-corrected chi connectivity index (χ2v) is 5.21. The summed E-state index contributed by atoms with van der Waals surface area (Å²) in [4.78, 5) is 0. The van der Waals surface area contributed by atoms with Gasteiger partial charge in [0.2, 0.25) is 0 Å². The largest absolute Gasteiger partial charge is 0.497 e. The summed E-state index contributed by atoms with van der Waals surface area (Å²) < 4.78 is 10.5. The van der Waals surface area contributed by atoms with Gasteiger partial charge >= 0.3 is 0 Å². The Morgan fingerprint density at radius 3 is 2.41 bits per heavy atom. The molecule has 0 saturated carbocycles. The van der Waals surface area contributed by atoms with E-state index in [2.05, 4.69) is 19.1 Å². The lowest BCUT2D eigenvalue weighted by molar-refractivity contribution is -0.108. The zero-order valence-corrected chi connectivity index (χ0v) is 10.6. The molecule has 0 aliphatic carbocycles. The fraction of sp³-hybridized carbons (Fsp3) is 0.571. The van der Waals surface area contributed by atoms with E-state index in [1.54, 1.807) is 7.11 Å². The van der Waals surface area contributed by atoms with Crippen molar-refractivity contribution in [1.29, 1.82) is 0 Å². The molecule has 0 aromatic heterocycles. The van der Waals surface area contributed by atoms with Gasteiger partial charge in [-0.3, -0.25) is 0 Å². The van der Waals surface area contributed by atoms with Crippen LogP contribution in [0.5, 0.6) is 5.75 Å². The van der Waals surface area contributed by atoms with Crippen molar-refractivity contribution in [2.24, 2.45) is 11.1 Å². The predicted octanol–water partition coefficient (Wildman–Crippen LogP) is 2.16. The number of methoxy groups -OCH3 is 1. The first-order valence-electron chi connectivity index (χ1n) is 6.09. The first kappa shape index (κ1) is 12.4. The molecule has 1 aromatic rings. The summed E-state index contributed by atoms with van der Waals surface area (Å²) in [5.41, 5.74) is 7.49. The van der Waals surface area contributed by atoms with Gasteiger partial charge in [-0.05, 0) is 36.6 Å². The summed E-state index contributed by atoms with van der Waals surface area (Å²) >= 11 is 0. The molecule has 17 heavy (non-hydrogen) atoms. The van der Waals surface area contributed by atoms with Gasteiger partial charge in [0.15, 0.2) is 0 Å². The van der Waals surface area contributed by atoms with E-state index in [1.165, 1.54) is 5.56 Å². The van der Waals surface area contributed by atoms with Gasteiger partial charge in [0.1, 0.15) is 5.75 Å². The van der Waals surface area contributed by atoms with Crippen molar-refractivity contribution in [3.63, 3.8) is 0 Å². The van der Waals surface area contributed by atoms with Crippen LogP contribution in [0.25, 0.3) is 0 Å². The molecule has 1 unspecified atom stereocenters. The van der Waals surface area contributed by atoms with E-state index in [9.17, 15) is 0 Å². The second-order valence-electron chi connectivity index (χ2n) is 5.21. The fourth-order valence-electron chi connectivity index (χ4n) is 2.38. The molecule has 1 saturated heterocycles. The van der Waals surface area contributed by atoms with Gasteiger partial charge < -0.3 is 15.2 Å². The van der Waals surface area contributed by atoms with Gasteiger partial charge in [-0.25, -0.2) is 0 Å². The highest BCUT2D eigenvalue weighted by Gasteiger charge is 2.35.